The summed E-state index contributed by atoms with van der Waals surface area (Å²) in [6, 6.07) is 13.2. The van der Waals surface area contributed by atoms with E-state index in [0.29, 0.717) is 18.8 Å². The molecule has 5 heteroatoms. The highest BCUT2D eigenvalue weighted by atomic mass is 32.2. The summed E-state index contributed by atoms with van der Waals surface area (Å²) in [5.74, 6) is 0.775. The maximum atomic E-state index is 13.0. The number of para-hydroxylation sites is 1. The van der Waals surface area contributed by atoms with E-state index >= 15 is 0 Å². The number of hydrogen-bond acceptors (Lipinski definition) is 4. The van der Waals surface area contributed by atoms with Crippen LogP contribution in [0.15, 0.2) is 52.3 Å². The first-order valence-electron chi connectivity index (χ1n) is 9.40. The number of anilines is 2. The van der Waals surface area contributed by atoms with Crippen molar-refractivity contribution in [3.8, 4) is 5.75 Å². The van der Waals surface area contributed by atoms with Gasteiger partial charge in [0.1, 0.15) is 5.75 Å². The molecule has 2 aromatic carbocycles. The van der Waals surface area contributed by atoms with Gasteiger partial charge in [0.2, 0.25) is 0 Å². The molecule has 0 spiro atoms. The van der Waals surface area contributed by atoms with Crippen molar-refractivity contribution in [2.45, 2.75) is 16.7 Å². The van der Waals surface area contributed by atoms with E-state index in [4.69, 9.17) is 8.85 Å². The molecule has 1 aliphatic heterocycles. The third-order valence-corrected chi connectivity index (χ3v) is 5.58. The zero-order chi connectivity index (χ0) is 19.8. The second kappa shape index (κ2) is 6.95. The van der Waals surface area contributed by atoms with Gasteiger partial charge in [-0.1, -0.05) is 19.1 Å². The zero-order valence-corrected chi connectivity index (χ0v) is 15.0. The molecule has 0 aromatic heterocycles. The number of hydrogen-bond donors (Lipinski definition) is 0. The van der Waals surface area contributed by atoms with Crippen LogP contribution in [0.4, 0.5) is 11.4 Å². The summed E-state index contributed by atoms with van der Waals surface area (Å²) in [6.07, 6.45) is 0. The summed E-state index contributed by atoms with van der Waals surface area (Å²) in [4.78, 5) is 5.02. The Labute approximate surface area is 150 Å². The summed E-state index contributed by atoms with van der Waals surface area (Å²) in [5, 5.41) is 0. The fourth-order valence-corrected chi connectivity index (χ4v) is 4.47. The first kappa shape index (κ1) is 13.4. The third-order valence-electron chi connectivity index (χ3n) is 4.09. The van der Waals surface area contributed by atoms with Crippen LogP contribution >= 0.6 is 0 Å². The average molecular weight is 347 g/mol. The second-order valence-corrected chi connectivity index (χ2v) is 7.58. The largest absolute Gasteiger partial charge is 0.497 e. The molecule has 0 saturated carbocycles. The van der Waals surface area contributed by atoms with Crippen molar-refractivity contribution in [1.82, 2.24) is 4.90 Å². The highest BCUT2D eigenvalue weighted by molar-refractivity contribution is 7.85. The second-order valence-electron chi connectivity index (χ2n) is 6.17. The van der Waals surface area contributed by atoms with Gasteiger partial charge < -0.3 is 14.5 Å². The Hall–Kier alpha value is -1.85. The quantitative estimate of drug-likeness (QED) is 0.829. The van der Waals surface area contributed by atoms with Crippen LogP contribution in [0.3, 0.4) is 0 Å². The molecule has 2 aromatic rings. The Balaban J connectivity index is 1.97. The molecule has 0 amide bonds. The minimum absolute atomic E-state index is 0.0778. The van der Waals surface area contributed by atoms with E-state index in [2.05, 4.69) is 4.90 Å². The normalized spacial score (nSPS) is 19.8. The summed E-state index contributed by atoms with van der Waals surface area (Å²) < 4.78 is 41.0. The molecule has 3 rings (SSSR count). The van der Waals surface area contributed by atoms with E-state index < -0.39 is 17.8 Å². The average Bonchev–Trinajstić information content (AvgIpc) is 2.63. The number of nitrogens with zero attached hydrogens (tertiary/aromatic N) is 2. The van der Waals surface area contributed by atoms with E-state index in [1.807, 2.05) is 49.4 Å². The van der Waals surface area contributed by atoms with Gasteiger partial charge in [0.15, 0.2) is 0 Å². The van der Waals surface area contributed by atoms with Crippen LogP contribution in [0.25, 0.3) is 0 Å². The molecular formula is C19H24N2O2S. The van der Waals surface area contributed by atoms with Crippen molar-refractivity contribution < 1.29 is 13.1 Å². The van der Waals surface area contributed by atoms with Crippen molar-refractivity contribution in [3.05, 3.63) is 42.5 Å². The van der Waals surface area contributed by atoms with Crippen LogP contribution in [0.1, 0.15) is 11.0 Å². The fraction of sp³-hybridized carbons (Fsp3) is 0.368. The van der Waals surface area contributed by atoms with Gasteiger partial charge in [0.05, 0.1) is 39.1 Å². The predicted octanol–water partition coefficient (Wildman–Crippen LogP) is 3.51. The number of rotatable bonds is 5. The van der Waals surface area contributed by atoms with Crippen LogP contribution in [0.2, 0.25) is 0 Å². The molecule has 0 radical (unpaired) electrons. The molecule has 24 heavy (non-hydrogen) atoms. The molecule has 0 N–H and O–H groups in total. The Bertz CT molecular complexity index is 857. The summed E-state index contributed by atoms with van der Waals surface area (Å²) >= 11 is 0. The Morgan fingerprint density at radius 3 is 2.75 bits per heavy atom. The van der Waals surface area contributed by atoms with E-state index in [-0.39, 0.29) is 5.92 Å². The number of fused-ring (bicyclic) bond motifs is 2. The van der Waals surface area contributed by atoms with Crippen molar-refractivity contribution in [3.63, 3.8) is 0 Å². The van der Waals surface area contributed by atoms with Gasteiger partial charge in [0.25, 0.3) is 0 Å². The fourth-order valence-electron chi connectivity index (χ4n) is 3.11. The van der Waals surface area contributed by atoms with Crippen molar-refractivity contribution in [2.24, 2.45) is 5.92 Å². The van der Waals surface area contributed by atoms with Crippen LogP contribution in [-0.4, -0.2) is 43.3 Å². The first-order valence-corrected chi connectivity index (χ1v) is 9.05. The van der Waals surface area contributed by atoms with Gasteiger partial charge in [-0.2, -0.15) is 0 Å². The third kappa shape index (κ3) is 3.19. The number of benzene rings is 2. The van der Waals surface area contributed by atoms with Gasteiger partial charge in [-0.15, -0.1) is 0 Å². The Morgan fingerprint density at radius 1 is 1.25 bits per heavy atom. The molecule has 2 atom stereocenters. The monoisotopic (exact) mass is 347 g/mol. The van der Waals surface area contributed by atoms with E-state index in [1.165, 1.54) is 4.90 Å². The van der Waals surface area contributed by atoms with Crippen molar-refractivity contribution >= 4 is 22.2 Å². The van der Waals surface area contributed by atoms with Crippen LogP contribution < -0.4 is 9.64 Å². The lowest BCUT2D eigenvalue weighted by atomic mass is 10.1. The highest BCUT2D eigenvalue weighted by Gasteiger charge is 2.29. The zero-order valence-electron chi connectivity index (χ0n) is 17.2. The molecule has 1 heterocycles. The molecule has 0 aliphatic carbocycles. The lowest BCUT2D eigenvalue weighted by Crippen LogP contribution is -2.32. The van der Waals surface area contributed by atoms with Gasteiger partial charge in [-0.25, -0.2) is 4.21 Å². The highest BCUT2D eigenvalue weighted by Crippen LogP contribution is 2.43. The molecular weight excluding hydrogens is 320 g/mol. The number of ether oxygens (including phenoxy) is 1. The van der Waals surface area contributed by atoms with Gasteiger partial charge in [-0.3, -0.25) is 0 Å². The topological polar surface area (TPSA) is 32.8 Å². The molecule has 128 valence electrons. The lowest BCUT2D eigenvalue weighted by molar-refractivity contribution is 0.342. The minimum Gasteiger partial charge on any atom is -0.497 e. The maximum absolute atomic E-state index is 13.0. The van der Waals surface area contributed by atoms with E-state index in [1.54, 1.807) is 14.2 Å². The van der Waals surface area contributed by atoms with Crippen LogP contribution in [-0.2, 0) is 10.8 Å². The molecule has 0 bridgehead atoms. The summed E-state index contributed by atoms with van der Waals surface area (Å²) in [6.45, 7) is 0.944. The van der Waals surface area contributed by atoms with Gasteiger partial charge in [0, 0.05) is 23.3 Å². The van der Waals surface area contributed by atoms with Crippen LogP contribution in [0.5, 0.6) is 5.75 Å². The number of methoxy groups -OCH3 is 1. The van der Waals surface area contributed by atoms with E-state index in [0.717, 1.165) is 21.2 Å². The standard InChI is InChI=1S/C19H24N2O2S/c1-14(12-20(2)3)13-21-16-7-5-6-8-18(16)24(22)19-10-9-15(23-4)11-17(19)21/h5-11,14H,12-13H2,1-4H3/t14-,24?/m1/s1/i2D3. The lowest BCUT2D eigenvalue weighted by Gasteiger charge is -2.35. The molecule has 0 saturated heterocycles. The molecule has 0 fully saturated rings. The molecule has 1 unspecified atom stereocenters. The van der Waals surface area contributed by atoms with Crippen molar-refractivity contribution in [2.75, 3.05) is 39.1 Å². The van der Waals surface area contributed by atoms with Gasteiger partial charge >= 0.3 is 0 Å². The smallest absolute Gasteiger partial charge is 0.121 e. The minimum atomic E-state index is -2.11. The molecule has 4 nitrogen and oxygen atoms in total. The van der Waals surface area contributed by atoms with E-state index in [9.17, 15) is 4.21 Å². The van der Waals surface area contributed by atoms with Crippen LogP contribution in [0, 0.1) is 5.92 Å². The SMILES string of the molecule is [2H]C([2H])([2H])N(C)C[C@@H](C)CN1c2ccccc2S(=O)c2ccc(OC)cc21. The molecule has 1 aliphatic rings. The maximum Gasteiger partial charge on any atom is 0.121 e. The van der Waals surface area contributed by atoms with Gasteiger partial charge in [-0.05, 0) is 44.2 Å². The summed E-state index contributed by atoms with van der Waals surface area (Å²) in [7, 11) is 1.96. The Kier molecular flexibility index (Phi) is 3.89. The summed E-state index contributed by atoms with van der Waals surface area (Å²) in [5.41, 5.74) is 1.73. The Morgan fingerprint density at radius 2 is 2.00 bits per heavy atom. The van der Waals surface area contributed by atoms with Crippen molar-refractivity contribution in [1.29, 1.82) is 0 Å². The predicted molar refractivity (Wildman–Crippen MR) is 98.8 cm³/mol. The first-order chi connectivity index (χ1) is 12.7.